The molecule has 2 rings (SSSR count). The van der Waals surface area contributed by atoms with Gasteiger partial charge < -0.3 is 4.98 Å². The first-order valence-corrected chi connectivity index (χ1v) is 7.05. The molecule has 2 N–H and O–H groups in total. The van der Waals surface area contributed by atoms with Gasteiger partial charge in [-0.25, -0.2) is 0 Å². The van der Waals surface area contributed by atoms with Crippen molar-refractivity contribution < 1.29 is 4.79 Å². The predicted octanol–water partition coefficient (Wildman–Crippen LogP) is 2.82. The highest BCUT2D eigenvalue weighted by molar-refractivity contribution is 7.73. The number of nitrogens with one attached hydrogen (secondary N) is 2. The number of carbonyl (C=O) groups excluding carboxylic acids is 1. The predicted molar refractivity (Wildman–Crippen MR) is 80.9 cm³/mol. The molecule has 0 spiro atoms. The molecule has 19 heavy (non-hydrogen) atoms. The largest absolute Gasteiger partial charge is 0.341 e. The van der Waals surface area contributed by atoms with Gasteiger partial charge in [-0.05, 0) is 31.3 Å². The first kappa shape index (κ1) is 13.8. The maximum atomic E-state index is 12.0. The van der Waals surface area contributed by atoms with Gasteiger partial charge in [0, 0.05) is 17.6 Å². The molecule has 0 saturated heterocycles. The van der Waals surface area contributed by atoms with E-state index in [0.717, 1.165) is 16.3 Å². The van der Waals surface area contributed by atoms with E-state index in [1.54, 1.807) is 5.01 Å². The average molecular weight is 293 g/mol. The van der Waals surface area contributed by atoms with Crippen molar-refractivity contribution in [1.82, 2.24) is 10.4 Å². The third-order valence-corrected chi connectivity index (χ3v) is 4.02. The zero-order valence-electron chi connectivity index (χ0n) is 10.8. The number of aryl methyl sites for hydroxylation is 1. The summed E-state index contributed by atoms with van der Waals surface area (Å²) in [5, 5.41) is 1.71. The number of benzene rings is 1. The van der Waals surface area contributed by atoms with Gasteiger partial charge >= 0.3 is 0 Å². The molecule has 6 heteroatoms. The van der Waals surface area contributed by atoms with Crippen molar-refractivity contribution in [2.45, 2.75) is 13.3 Å². The molecule has 0 aliphatic heterocycles. The minimum atomic E-state index is -0.0558. The molecule has 2 aromatic rings. The number of anilines is 1. The van der Waals surface area contributed by atoms with Gasteiger partial charge in [-0.3, -0.25) is 15.2 Å². The van der Waals surface area contributed by atoms with Gasteiger partial charge in [-0.2, -0.15) is 0 Å². The Kier molecular flexibility index (Phi) is 4.34. The van der Waals surface area contributed by atoms with Crippen LogP contribution in [0.4, 0.5) is 5.69 Å². The van der Waals surface area contributed by atoms with Crippen molar-refractivity contribution in [2.24, 2.45) is 0 Å². The normalized spacial score (nSPS) is 10.2. The standard InChI is InChI=1S/C13H15N3OS2/c1-9-11(19-13(18)14-9)8-12(17)15-16(2)10-6-4-3-5-7-10/h3-7H,8H2,1-2H3,(H,14,18)(H,15,17). The second-order valence-electron chi connectivity index (χ2n) is 4.17. The first-order chi connectivity index (χ1) is 9.06. The average Bonchev–Trinajstić information content (AvgIpc) is 2.68. The van der Waals surface area contributed by atoms with Crippen LogP contribution in [0.5, 0.6) is 0 Å². The minimum absolute atomic E-state index is 0.0558. The van der Waals surface area contributed by atoms with E-state index in [1.807, 2.05) is 44.3 Å². The van der Waals surface area contributed by atoms with Crippen LogP contribution in [0.15, 0.2) is 30.3 Å². The Hall–Kier alpha value is -1.66. The van der Waals surface area contributed by atoms with Gasteiger partial charge in [0.05, 0.1) is 12.1 Å². The number of carbonyl (C=O) groups is 1. The fraction of sp³-hybridized carbons (Fsp3) is 0.231. The molecule has 0 saturated carbocycles. The topological polar surface area (TPSA) is 48.1 Å². The SMILES string of the molecule is Cc1[nH]c(=S)sc1CC(=O)NN(C)c1ccccc1. The summed E-state index contributed by atoms with van der Waals surface area (Å²) in [6, 6.07) is 9.67. The first-order valence-electron chi connectivity index (χ1n) is 5.83. The highest BCUT2D eigenvalue weighted by Crippen LogP contribution is 2.15. The van der Waals surface area contributed by atoms with Gasteiger partial charge in [-0.15, -0.1) is 11.3 Å². The lowest BCUT2D eigenvalue weighted by Crippen LogP contribution is -2.40. The second kappa shape index (κ2) is 5.99. The van der Waals surface area contributed by atoms with E-state index in [2.05, 4.69) is 10.4 Å². The molecular weight excluding hydrogens is 278 g/mol. The monoisotopic (exact) mass is 293 g/mol. The summed E-state index contributed by atoms with van der Waals surface area (Å²) in [6.07, 6.45) is 0.334. The molecular formula is C13H15N3OS2. The summed E-state index contributed by atoms with van der Waals surface area (Å²) in [6.45, 7) is 1.93. The lowest BCUT2D eigenvalue weighted by atomic mass is 10.3. The number of amides is 1. The van der Waals surface area contributed by atoms with E-state index in [0.29, 0.717) is 10.4 Å². The molecule has 1 aromatic carbocycles. The Bertz CT molecular complexity index is 618. The van der Waals surface area contributed by atoms with Gasteiger partial charge in [0.2, 0.25) is 5.91 Å². The van der Waals surface area contributed by atoms with E-state index >= 15 is 0 Å². The van der Waals surface area contributed by atoms with Crippen LogP contribution in [0.25, 0.3) is 0 Å². The fourth-order valence-corrected chi connectivity index (χ4v) is 2.98. The maximum absolute atomic E-state index is 12.0. The number of hydrogen-bond donors (Lipinski definition) is 2. The van der Waals surface area contributed by atoms with E-state index in [1.165, 1.54) is 11.3 Å². The van der Waals surface area contributed by atoms with Gasteiger partial charge in [0.1, 0.15) is 0 Å². The van der Waals surface area contributed by atoms with Crippen molar-refractivity contribution >= 4 is 35.1 Å². The van der Waals surface area contributed by atoms with Crippen LogP contribution in [0.1, 0.15) is 10.6 Å². The number of hydrazine groups is 1. The number of rotatable bonds is 4. The number of nitrogens with zero attached hydrogens (tertiary/aromatic N) is 1. The Labute approximate surface area is 121 Å². The molecule has 1 heterocycles. The van der Waals surface area contributed by atoms with Gasteiger partial charge in [-0.1, -0.05) is 18.2 Å². The van der Waals surface area contributed by atoms with Crippen LogP contribution >= 0.6 is 23.6 Å². The third kappa shape index (κ3) is 3.65. The van der Waals surface area contributed by atoms with E-state index in [4.69, 9.17) is 12.2 Å². The number of hydrogen-bond acceptors (Lipinski definition) is 4. The molecule has 0 aliphatic rings. The van der Waals surface area contributed by atoms with Crippen LogP contribution < -0.4 is 10.4 Å². The van der Waals surface area contributed by atoms with Crippen LogP contribution in [-0.2, 0) is 11.2 Å². The summed E-state index contributed by atoms with van der Waals surface area (Å²) in [4.78, 5) is 16.0. The van der Waals surface area contributed by atoms with Gasteiger partial charge in [0.25, 0.3) is 0 Å². The van der Waals surface area contributed by atoms with Gasteiger partial charge in [0.15, 0.2) is 3.95 Å². The number of thiazole rings is 1. The van der Waals surface area contributed by atoms with Crippen molar-refractivity contribution in [2.75, 3.05) is 12.1 Å². The van der Waals surface area contributed by atoms with Crippen molar-refractivity contribution in [3.05, 3.63) is 44.9 Å². The third-order valence-electron chi connectivity index (χ3n) is 2.68. The minimum Gasteiger partial charge on any atom is -0.341 e. The fourth-order valence-electron chi connectivity index (χ4n) is 1.69. The summed E-state index contributed by atoms with van der Waals surface area (Å²) in [5.41, 5.74) is 4.74. The molecule has 1 aromatic heterocycles. The summed E-state index contributed by atoms with van der Waals surface area (Å²) >= 11 is 6.50. The summed E-state index contributed by atoms with van der Waals surface area (Å²) in [7, 11) is 1.82. The molecule has 0 bridgehead atoms. The quantitative estimate of drug-likeness (QED) is 0.673. The van der Waals surface area contributed by atoms with Crippen LogP contribution in [-0.4, -0.2) is 17.9 Å². The second-order valence-corrected chi connectivity index (χ2v) is 5.94. The zero-order valence-corrected chi connectivity index (χ0v) is 12.4. The molecule has 0 radical (unpaired) electrons. The highest BCUT2D eigenvalue weighted by Gasteiger charge is 2.10. The Morgan fingerprint density at radius 2 is 2.11 bits per heavy atom. The summed E-state index contributed by atoms with van der Waals surface area (Å²) in [5.74, 6) is -0.0558. The van der Waals surface area contributed by atoms with Crippen LogP contribution in [0.2, 0.25) is 0 Å². The number of aromatic nitrogens is 1. The molecule has 0 aliphatic carbocycles. The molecule has 0 atom stereocenters. The molecule has 0 fully saturated rings. The summed E-state index contributed by atoms with van der Waals surface area (Å²) < 4.78 is 0.705. The van der Waals surface area contributed by atoms with E-state index in [9.17, 15) is 4.79 Å². The van der Waals surface area contributed by atoms with Crippen molar-refractivity contribution in [3.63, 3.8) is 0 Å². The Morgan fingerprint density at radius 1 is 1.42 bits per heavy atom. The smallest absolute Gasteiger partial charge is 0.243 e. The molecule has 1 amide bonds. The van der Waals surface area contributed by atoms with E-state index in [-0.39, 0.29) is 5.91 Å². The highest BCUT2D eigenvalue weighted by atomic mass is 32.1. The molecule has 100 valence electrons. The molecule has 4 nitrogen and oxygen atoms in total. The lowest BCUT2D eigenvalue weighted by Gasteiger charge is -2.20. The number of para-hydroxylation sites is 1. The van der Waals surface area contributed by atoms with Crippen LogP contribution in [0.3, 0.4) is 0 Å². The number of H-pyrrole nitrogens is 1. The van der Waals surface area contributed by atoms with Crippen LogP contribution in [0, 0.1) is 10.9 Å². The van der Waals surface area contributed by atoms with Crippen molar-refractivity contribution in [1.29, 1.82) is 0 Å². The molecule has 0 unspecified atom stereocenters. The Morgan fingerprint density at radius 3 is 2.68 bits per heavy atom. The van der Waals surface area contributed by atoms with Crippen molar-refractivity contribution in [3.8, 4) is 0 Å². The maximum Gasteiger partial charge on any atom is 0.243 e. The number of aromatic amines is 1. The van der Waals surface area contributed by atoms with E-state index < -0.39 is 0 Å². The zero-order chi connectivity index (χ0) is 13.8. The lowest BCUT2D eigenvalue weighted by molar-refractivity contribution is -0.120. The Balaban J connectivity index is 1.98.